The van der Waals surface area contributed by atoms with Crippen LogP contribution >= 0.6 is 0 Å². The van der Waals surface area contributed by atoms with Gasteiger partial charge in [0.25, 0.3) is 0 Å². The molecule has 0 radical (unpaired) electrons. The highest BCUT2D eigenvalue weighted by atomic mass is 16.6. The Labute approximate surface area is 114 Å². The van der Waals surface area contributed by atoms with Gasteiger partial charge in [-0.15, -0.1) is 0 Å². The lowest BCUT2D eigenvalue weighted by Gasteiger charge is -2.03. The Morgan fingerprint density at radius 2 is 2.20 bits per heavy atom. The number of ether oxygens (including phenoxy) is 1. The number of hydrogen-bond donors (Lipinski definition) is 0. The van der Waals surface area contributed by atoms with Crippen LogP contribution in [0, 0.1) is 17.0 Å². The molecule has 102 valence electrons. The molecule has 6 nitrogen and oxygen atoms in total. The summed E-state index contributed by atoms with van der Waals surface area (Å²) in [6.45, 7) is 1.75. The first-order valence-corrected chi connectivity index (χ1v) is 5.75. The minimum atomic E-state index is -0.713. The topological polar surface area (TPSA) is 82.6 Å². The van der Waals surface area contributed by atoms with Crippen molar-refractivity contribution in [2.24, 2.45) is 0 Å². The number of nitro benzene ring substituents is 1. The zero-order valence-corrected chi connectivity index (χ0v) is 10.6. The molecule has 0 amide bonds. The first kappa shape index (κ1) is 13.5. The van der Waals surface area contributed by atoms with Gasteiger partial charge in [-0.3, -0.25) is 10.1 Å². The number of esters is 1. The summed E-state index contributed by atoms with van der Waals surface area (Å²) in [5, 5.41) is 10.8. The number of nitro groups is 1. The van der Waals surface area contributed by atoms with E-state index in [9.17, 15) is 14.9 Å². The largest absolute Gasteiger partial charge is 0.465 e. The van der Waals surface area contributed by atoms with Crippen molar-refractivity contribution in [3.63, 3.8) is 0 Å². The van der Waals surface area contributed by atoms with E-state index in [1.54, 1.807) is 25.1 Å². The number of rotatable bonds is 4. The van der Waals surface area contributed by atoms with Crippen LogP contribution in [0.2, 0.25) is 0 Å². The molecule has 0 bridgehead atoms. The zero-order chi connectivity index (χ0) is 14.5. The van der Waals surface area contributed by atoms with Gasteiger partial charge in [-0.1, -0.05) is 6.07 Å². The fourth-order valence-corrected chi connectivity index (χ4v) is 1.53. The molecule has 0 fully saturated rings. The van der Waals surface area contributed by atoms with Gasteiger partial charge in [-0.2, -0.15) is 0 Å². The normalized spacial score (nSPS) is 10.7. The number of furan rings is 1. The Hall–Kier alpha value is -2.89. The second kappa shape index (κ2) is 5.83. The lowest BCUT2D eigenvalue weighted by atomic mass is 10.2. The van der Waals surface area contributed by atoms with Gasteiger partial charge in [-0.05, 0) is 36.8 Å². The van der Waals surface area contributed by atoms with E-state index >= 15 is 0 Å². The van der Waals surface area contributed by atoms with Crippen LogP contribution in [-0.2, 0) is 4.79 Å². The highest BCUT2D eigenvalue weighted by Crippen LogP contribution is 2.27. The molecule has 0 aliphatic heterocycles. The number of aryl methyl sites for hydroxylation is 1. The maximum Gasteiger partial charge on any atom is 0.336 e. The molecule has 0 unspecified atom stereocenters. The quantitative estimate of drug-likeness (QED) is 0.281. The average Bonchev–Trinajstić information content (AvgIpc) is 2.89. The second-order valence-corrected chi connectivity index (χ2v) is 4.00. The van der Waals surface area contributed by atoms with Crippen LogP contribution in [0.5, 0.6) is 5.75 Å². The van der Waals surface area contributed by atoms with Gasteiger partial charge in [-0.25, -0.2) is 4.79 Å². The first-order chi connectivity index (χ1) is 9.56. The predicted molar refractivity (Wildman–Crippen MR) is 71.2 cm³/mol. The molecule has 0 aliphatic carbocycles. The van der Waals surface area contributed by atoms with Crippen LogP contribution in [0.4, 0.5) is 5.69 Å². The summed E-state index contributed by atoms with van der Waals surface area (Å²) in [6, 6.07) is 7.66. The standard InChI is InChI=1S/C14H11NO5/c1-10-4-6-12(15(17)18)13(9-10)20-14(16)7-5-11-3-2-8-19-11/h2-9H,1H3/b7-5+. The molecule has 20 heavy (non-hydrogen) atoms. The molecule has 2 aromatic rings. The third-order valence-corrected chi connectivity index (χ3v) is 2.45. The molecule has 0 saturated carbocycles. The van der Waals surface area contributed by atoms with Crippen molar-refractivity contribution in [1.82, 2.24) is 0 Å². The van der Waals surface area contributed by atoms with Gasteiger partial charge in [0.15, 0.2) is 0 Å². The number of nitrogens with zero attached hydrogens (tertiary/aromatic N) is 1. The summed E-state index contributed by atoms with van der Waals surface area (Å²) in [6.07, 6.45) is 4.03. The van der Waals surface area contributed by atoms with Crippen LogP contribution < -0.4 is 4.74 Å². The average molecular weight is 273 g/mol. The van der Waals surface area contributed by atoms with Gasteiger partial charge >= 0.3 is 11.7 Å². The second-order valence-electron chi connectivity index (χ2n) is 4.00. The van der Waals surface area contributed by atoms with Crippen molar-refractivity contribution in [3.8, 4) is 5.75 Å². The number of carbonyl (C=O) groups excluding carboxylic acids is 1. The van der Waals surface area contributed by atoms with Crippen molar-refractivity contribution in [2.45, 2.75) is 6.92 Å². The van der Waals surface area contributed by atoms with Crippen molar-refractivity contribution < 1.29 is 18.9 Å². The molecule has 0 saturated heterocycles. The zero-order valence-electron chi connectivity index (χ0n) is 10.6. The number of hydrogen-bond acceptors (Lipinski definition) is 5. The molecule has 2 rings (SSSR count). The number of carbonyl (C=O) groups is 1. The molecule has 1 heterocycles. The van der Waals surface area contributed by atoms with E-state index in [1.807, 2.05) is 0 Å². The molecule has 1 aromatic heterocycles. The molecule has 0 atom stereocenters. The minimum Gasteiger partial charge on any atom is -0.465 e. The Kier molecular flexibility index (Phi) is 3.95. The smallest absolute Gasteiger partial charge is 0.336 e. The highest BCUT2D eigenvalue weighted by Gasteiger charge is 2.16. The van der Waals surface area contributed by atoms with Gasteiger partial charge in [0.1, 0.15) is 5.76 Å². The Balaban J connectivity index is 2.15. The third-order valence-electron chi connectivity index (χ3n) is 2.45. The van der Waals surface area contributed by atoms with Crippen LogP contribution in [0.1, 0.15) is 11.3 Å². The van der Waals surface area contributed by atoms with Crippen LogP contribution in [-0.4, -0.2) is 10.9 Å². The highest BCUT2D eigenvalue weighted by molar-refractivity contribution is 5.88. The van der Waals surface area contributed by atoms with Crippen molar-refractivity contribution >= 4 is 17.7 Å². The maximum atomic E-state index is 11.6. The first-order valence-electron chi connectivity index (χ1n) is 5.75. The van der Waals surface area contributed by atoms with E-state index in [2.05, 4.69) is 0 Å². The van der Waals surface area contributed by atoms with Crippen LogP contribution in [0.3, 0.4) is 0 Å². The van der Waals surface area contributed by atoms with Crippen LogP contribution in [0.25, 0.3) is 6.08 Å². The van der Waals surface area contributed by atoms with E-state index in [-0.39, 0.29) is 11.4 Å². The summed E-state index contributed by atoms with van der Waals surface area (Å²) in [5.41, 5.74) is 0.503. The summed E-state index contributed by atoms with van der Waals surface area (Å²) >= 11 is 0. The third kappa shape index (κ3) is 3.32. The van der Waals surface area contributed by atoms with Gasteiger partial charge in [0, 0.05) is 12.1 Å². The molecular formula is C14H11NO5. The predicted octanol–water partition coefficient (Wildman–Crippen LogP) is 3.12. The molecule has 0 aliphatic rings. The Morgan fingerprint density at radius 1 is 1.40 bits per heavy atom. The van der Waals surface area contributed by atoms with E-state index < -0.39 is 10.9 Å². The van der Waals surface area contributed by atoms with Crippen LogP contribution in [0.15, 0.2) is 47.1 Å². The van der Waals surface area contributed by atoms with Crippen molar-refractivity contribution in [1.29, 1.82) is 0 Å². The monoisotopic (exact) mass is 273 g/mol. The summed E-state index contributed by atoms with van der Waals surface area (Å²) in [5.74, 6) is -0.306. The molecule has 0 N–H and O–H groups in total. The molecule has 6 heteroatoms. The fourth-order valence-electron chi connectivity index (χ4n) is 1.53. The van der Waals surface area contributed by atoms with Gasteiger partial charge in [0.05, 0.1) is 11.2 Å². The fraction of sp³-hybridized carbons (Fsp3) is 0.0714. The Bertz CT molecular complexity index is 658. The summed E-state index contributed by atoms with van der Waals surface area (Å²) in [4.78, 5) is 21.9. The maximum absolute atomic E-state index is 11.6. The van der Waals surface area contributed by atoms with Crippen molar-refractivity contribution in [2.75, 3.05) is 0 Å². The van der Waals surface area contributed by atoms with Gasteiger partial charge in [0.2, 0.25) is 5.75 Å². The van der Waals surface area contributed by atoms with E-state index in [0.29, 0.717) is 5.76 Å². The van der Waals surface area contributed by atoms with E-state index in [0.717, 1.165) is 11.6 Å². The lowest BCUT2D eigenvalue weighted by molar-refractivity contribution is -0.385. The Morgan fingerprint density at radius 3 is 2.85 bits per heavy atom. The molecule has 0 spiro atoms. The lowest BCUT2D eigenvalue weighted by Crippen LogP contribution is -2.06. The summed E-state index contributed by atoms with van der Waals surface area (Å²) < 4.78 is 9.99. The minimum absolute atomic E-state index is 0.0795. The molecule has 1 aromatic carbocycles. The van der Waals surface area contributed by atoms with Crippen molar-refractivity contribution in [3.05, 3.63) is 64.1 Å². The summed E-state index contributed by atoms with van der Waals surface area (Å²) in [7, 11) is 0. The molecular weight excluding hydrogens is 262 g/mol. The number of benzene rings is 1. The van der Waals surface area contributed by atoms with Gasteiger partial charge < -0.3 is 9.15 Å². The van der Waals surface area contributed by atoms with E-state index in [1.165, 1.54) is 24.5 Å². The van der Waals surface area contributed by atoms with E-state index in [4.69, 9.17) is 9.15 Å². The SMILES string of the molecule is Cc1ccc([N+](=O)[O-])c(OC(=O)/C=C/c2ccco2)c1.